The highest BCUT2D eigenvalue weighted by Gasteiger charge is 1.96. The first kappa shape index (κ1) is 7.94. The van der Waals surface area contributed by atoms with Crippen LogP contribution in [0.1, 0.15) is 0 Å². The van der Waals surface area contributed by atoms with Crippen molar-refractivity contribution in [3.63, 3.8) is 0 Å². The number of nitrogens with two attached hydrogens (primary N) is 1. The van der Waals surface area contributed by atoms with Gasteiger partial charge in [0, 0.05) is 0 Å². The fraction of sp³-hybridized carbons (Fsp3) is 0. The van der Waals surface area contributed by atoms with Crippen LogP contribution in [-0.2, 0) is 0 Å². The van der Waals surface area contributed by atoms with E-state index in [1.54, 1.807) is 12.1 Å². The average molecular weight is 169 g/mol. The summed E-state index contributed by atoms with van der Waals surface area (Å²) in [5, 5.41) is -0.547. The van der Waals surface area contributed by atoms with E-state index in [9.17, 15) is 4.79 Å². The fourth-order valence-electron chi connectivity index (χ4n) is 0.565. The van der Waals surface area contributed by atoms with Crippen molar-refractivity contribution >= 4 is 17.3 Å². The standard InChI is InChI=1S/C7H7NO2S/c8-7(9)11-10-6-4-2-1-3-5-6/h1-5H,(H2,8,9). The van der Waals surface area contributed by atoms with Crippen molar-refractivity contribution in [2.75, 3.05) is 0 Å². The van der Waals surface area contributed by atoms with Gasteiger partial charge in [0.25, 0.3) is 0 Å². The molecule has 0 atom stereocenters. The molecule has 0 bridgehead atoms. The molecule has 1 aromatic carbocycles. The Labute approximate surface area is 68.7 Å². The van der Waals surface area contributed by atoms with Crippen LogP contribution in [0, 0.1) is 0 Å². The molecule has 1 rings (SSSR count). The molecule has 1 amide bonds. The molecular formula is C7H7NO2S. The van der Waals surface area contributed by atoms with Crippen LogP contribution in [0.4, 0.5) is 4.79 Å². The van der Waals surface area contributed by atoms with Crippen molar-refractivity contribution < 1.29 is 8.98 Å². The zero-order valence-corrected chi connectivity index (χ0v) is 6.51. The summed E-state index contributed by atoms with van der Waals surface area (Å²) < 4.78 is 4.91. The van der Waals surface area contributed by atoms with Gasteiger partial charge in [0.1, 0.15) is 5.75 Å². The SMILES string of the molecule is NC(=O)SOc1ccccc1. The van der Waals surface area contributed by atoms with Crippen molar-refractivity contribution in [2.24, 2.45) is 5.73 Å². The Kier molecular flexibility index (Phi) is 2.80. The number of primary amides is 1. The lowest BCUT2D eigenvalue weighted by atomic mass is 10.3. The molecule has 0 spiro atoms. The molecule has 0 heterocycles. The molecule has 0 aromatic heterocycles. The van der Waals surface area contributed by atoms with Crippen LogP contribution in [0.5, 0.6) is 5.75 Å². The molecule has 0 saturated carbocycles. The number of carbonyl (C=O) groups excluding carboxylic acids is 1. The van der Waals surface area contributed by atoms with Gasteiger partial charge in [0.05, 0.1) is 0 Å². The normalized spacial score (nSPS) is 9.09. The van der Waals surface area contributed by atoms with Crippen LogP contribution >= 0.6 is 12.0 Å². The Morgan fingerprint density at radius 3 is 2.55 bits per heavy atom. The van der Waals surface area contributed by atoms with Gasteiger partial charge in [-0.3, -0.25) is 4.79 Å². The third-order valence-corrected chi connectivity index (χ3v) is 1.40. The van der Waals surface area contributed by atoms with E-state index < -0.39 is 5.24 Å². The summed E-state index contributed by atoms with van der Waals surface area (Å²) in [6.07, 6.45) is 0. The number of hydrogen-bond donors (Lipinski definition) is 1. The van der Waals surface area contributed by atoms with Gasteiger partial charge in [-0.05, 0) is 12.1 Å². The van der Waals surface area contributed by atoms with Crippen molar-refractivity contribution in [3.8, 4) is 5.75 Å². The van der Waals surface area contributed by atoms with E-state index in [0.29, 0.717) is 17.8 Å². The molecule has 0 fully saturated rings. The van der Waals surface area contributed by atoms with Crippen molar-refractivity contribution in [2.45, 2.75) is 0 Å². The van der Waals surface area contributed by atoms with Gasteiger partial charge in [-0.15, -0.1) is 0 Å². The van der Waals surface area contributed by atoms with E-state index in [4.69, 9.17) is 9.92 Å². The molecule has 0 radical (unpaired) electrons. The third-order valence-electron chi connectivity index (χ3n) is 0.963. The summed E-state index contributed by atoms with van der Waals surface area (Å²) in [5.41, 5.74) is 4.84. The van der Waals surface area contributed by atoms with Crippen LogP contribution < -0.4 is 9.92 Å². The number of para-hydroxylation sites is 1. The van der Waals surface area contributed by atoms with Crippen LogP contribution in [0.15, 0.2) is 30.3 Å². The molecule has 4 heteroatoms. The van der Waals surface area contributed by atoms with Gasteiger partial charge < -0.3 is 9.92 Å². The van der Waals surface area contributed by atoms with Crippen LogP contribution in [0.3, 0.4) is 0 Å². The smallest absolute Gasteiger partial charge is 0.315 e. The van der Waals surface area contributed by atoms with E-state index in [2.05, 4.69) is 0 Å². The largest absolute Gasteiger partial charge is 0.416 e. The lowest BCUT2D eigenvalue weighted by Gasteiger charge is -1.98. The second kappa shape index (κ2) is 3.88. The summed E-state index contributed by atoms with van der Waals surface area (Å²) in [7, 11) is 0. The van der Waals surface area contributed by atoms with E-state index in [1.165, 1.54) is 0 Å². The maximum Gasteiger partial charge on any atom is 0.315 e. The van der Waals surface area contributed by atoms with Crippen LogP contribution in [0.2, 0.25) is 0 Å². The lowest BCUT2D eigenvalue weighted by Crippen LogP contribution is -2.03. The summed E-state index contributed by atoms with van der Waals surface area (Å²) in [4.78, 5) is 10.2. The first-order valence-electron chi connectivity index (χ1n) is 2.98. The van der Waals surface area contributed by atoms with Gasteiger partial charge >= 0.3 is 5.24 Å². The minimum absolute atomic E-state index is 0.547. The number of benzene rings is 1. The Balaban J connectivity index is 2.45. The van der Waals surface area contributed by atoms with Gasteiger partial charge in [0.15, 0.2) is 12.0 Å². The van der Waals surface area contributed by atoms with E-state index in [-0.39, 0.29) is 0 Å². The maximum atomic E-state index is 10.2. The van der Waals surface area contributed by atoms with Crippen LogP contribution in [-0.4, -0.2) is 5.24 Å². The van der Waals surface area contributed by atoms with Crippen molar-refractivity contribution in [1.29, 1.82) is 0 Å². The van der Waals surface area contributed by atoms with E-state index >= 15 is 0 Å². The molecule has 0 aliphatic carbocycles. The van der Waals surface area contributed by atoms with Crippen LogP contribution in [0.25, 0.3) is 0 Å². The summed E-state index contributed by atoms with van der Waals surface area (Å²) >= 11 is 0.623. The average Bonchev–Trinajstić information content (AvgIpc) is 2.03. The van der Waals surface area contributed by atoms with Gasteiger partial charge in [-0.1, -0.05) is 18.2 Å². The molecule has 1 aromatic rings. The Hall–Kier alpha value is -1.16. The molecule has 0 aliphatic rings. The van der Waals surface area contributed by atoms with Crippen molar-refractivity contribution in [3.05, 3.63) is 30.3 Å². The third kappa shape index (κ3) is 2.95. The topological polar surface area (TPSA) is 52.3 Å². The Morgan fingerprint density at radius 1 is 1.36 bits per heavy atom. The first-order chi connectivity index (χ1) is 5.29. The Morgan fingerprint density at radius 2 is 2.00 bits per heavy atom. The predicted octanol–water partition coefficient (Wildman–Crippen LogP) is 1.79. The molecule has 11 heavy (non-hydrogen) atoms. The van der Waals surface area contributed by atoms with Gasteiger partial charge in [0.2, 0.25) is 0 Å². The zero-order chi connectivity index (χ0) is 8.10. The highest BCUT2D eigenvalue weighted by molar-refractivity contribution is 8.09. The van der Waals surface area contributed by atoms with Gasteiger partial charge in [-0.2, -0.15) is 0 Å². The molecular weight excluding hydrogens is 162 g/mol. The first-order valence-corrected chi connectivity index (χ1v) is 3.72. The molecule has 0 aliphatic heterocycles. The minimum Gasteiger partial charge on any atom is -0.416 e. The van der Waals surface area contributed by atoms with E-state index in [1.807, 2.05) is 18.2 Å². The Bertz CT molecular complexity index is 237. The number of carbonyl (C=O) groups is 1. The van der Waals surface area contributed by atoms with Crippen molar-refractivity contribution in [1.82, 2.24) is 0 Å². The number of amides is 1. The van der Waals surface area contributed by atoms with Gasteiger partial charge in [-0.25, -0.2) is 0 Å². The fourth-order valence-corrected chi connectivity index (χ4v) is 0.855. The summed E-state index contributed by atoms with van der Waals surface area (Å²) in [6, 6.07) is 8.99. The molecule has 3 nitrogen and oxygen atoms in total. The zero-order valence-electron chi connectivity index (χ0n) is 5.69. The molecule has 0 saturated heterocycles. The lowest BCUT2D eigenvalue weighted by molar-refractivity contribution is 0.266. The molecule has 58 valence electrons. The number of hydrogen-bond acceptors (Lipinski definition) is 3. The minimum atomic E-state index is -0.547. The summed E-state index contributed by atoms with van der Waals surface area (Å²) in [6.45, 7) is 0. The highest BCUT2D eigenvalue weighted by atomic mass is 32.2. The quantitative estimate of drug-likeness (QED) is 0.687. The predicted molar refractivity (Wildman–Crippen MR) is 44.2 cm³/mol. The number of rotatable bonds is 2. The maximum absolute atomic E-state index is 10.2. The molecule has 0 unspecified atom stereocenters. The molecule has 2 N–H and O–H groups in total. The van der Waals surface area contributed by atoms with E-state index in [0.717, 1.165) is 0 Å². The monoisotopic (exact) mass is 169 g/mol. The second-order valence-electron chi connectivity index (χ2n) is 1.80. The highest BCUT2D eigenvalue weighted by Crippen LogP contribution is 2.14. The summed E-state index contributed by atoms with van der Waals surface area (Å²) in [5.74, 6) is 0.622. The second-order valence-corrected chi connectivity index (χ2v) is 2.53.